The Bertz CT molecular complexity index is 694. The largest absolute Gasteiger partial charge is 0.494 e. The van der Waals surface area contributed by atoms with E-state index in [1.165, 1.54) is 7.11 Å². The summed E-state index contributed by atoms with van der Waals surface area (Å²) in [5.74, 6) is 0.540. The van der Waals surface area contributed by atoms with Crippen molar-refractivity contribution < 1.29 is 14.6 Å². The van der Waals surface area contributed by atoms with Gasteiger partial charge in [0, 0.05) is 42.5 Å². The number of ether oxygens (including phenoxy) is 1. The molecule has 7 heteroatoms. The summed E-state index contributed by atoms with van der Waals surface area (Å²) in [6.45, 7) is 1.42. The van der Waals surface area contributed by atoms with Crippen LogP contribution in [0.1, 0.15) is 5.56 Å². The Morgan fingerprint density at radius 3 is 2.26 bits per heavy atom. The number of aliphatic hydroxyl groups is 1. The fourth-order valence-corrected chi connectivity index (χ4v) is 3.18. The third-order valence-electron chi connectivity index (χ3n) is 4.18. The summed E-state index contributed by atoms with van der Waals surface area (Å²) in [7, 11) is 1.33. The number of esters is 1. The van der Waals surface area contributed by atoms with Gasteiger partial charge in [-0.1, -0.05) is 24.3 Å². The number of alkyl halides is 2. The molecule has 146 valence electrons. The minimum absolute atomic E-state index is 0.0533. The van der Waals surface area contributed by atoms with Crippen molar-refractivity contribution in [1.82, 2.24) is 5.32 Å². The van der Waals surface area contributed by atoms with Crippen LogP contribution in [-0.4, -0.2) is 49.1 Å². The molecule has 5 nitrogen and oxygen atoms in total. The zero-order valence-corrected chi connectivity index (χ0v) is 16.7. The van der Waals surface area contributed by atoms with Crippen LogP contribution in [0.2, 0.25) is 0 Å². The summed E-state index contributed by atoms with van der Waals surface area (Å²) in [4.78, 5) is 14.2. The molecule has 1 atom stereocenters. The first kappa shape index (κ1) is 21.2. The molecule has 27 heavy (non-hydrogen) atoms. The summed E-state index contributed by atoms with van der Waals surface area (Å²) < 4.78 is 4.87. The monoisotopic (exact) mass is 410 g/mol. The number of nitrogens with zero attached hydrogens (tertiary/aromatic N) is 1. The number of carbonyl (C=O) groups is 1. The van der Waals surface area contributed by atoms with E-state index in [9.17, 15) is 9.90 Å². The third kappa shape index (κ3) is 6.22. The van der Waals surface area contributed by atoms with Crippen LogP contribution in [0.25, 0.3) is 0 Å². The van der Waals surface area contributed by atoms with E-state index in [4.69, 9.17) is 27.9 Å². The Morgan fingerprint density at radius 2 is 1.74 bits per heavy atom. The van der Waals surface area contributed by atoms with Gasteiger partial charge in [0.15, 0.2) is 5.88 Å². The van der Waals surface area contributed by atoms with Crippen molar-refractivity contribution in [1.29, 1.82) is 0 Å². The number of nitrogens with one attached hydrogen (secondary N) is 1. The maximum absolute atomic E-state index is 12.1. The first-order chi connectivity index (χ1) is 13.1. The Labute approximate surface area is 169 Å². The molecule has 1 aromatic rings. The van der Waals surface area contributed by atoms with Crippen LogP contribution in [0.3, 0.4) is 0 Å². The van der Waals surface area contributed by atoms with Gasteiger partial charge < -0.3 is 20.1 Å². The van der Waals surface area contributed by atoms with Crippen LogP contribution < -0.4 is 10.2 Å². The molecule has 1 aliphatic carbocycles. The normalized spacial score (nSPS) is 13.5. The second-order valence-electron chi connectivity index (χ2n) is 5.98. The van der Waals surface area contributed by atoms with Crippen LogP contribution in [0.4, 0.5) is 5.69 Å². The van der Waals surface area contributed by atoms with Gasteiger partial charge in [-0.3, -0.25) is 0 Å². The van der Waals surface area contributed by atoms with Gasteiger partial charge in [0.1, 0.15) is 6.04 Å². The Morgan fingerprint density at radius 1 is 1.15 bits per heavy atom. The lowest BCUT2D eigenvalue weighted by Crippen LogP contribution is -2.39. The molecule has 0 heterocycles. The van der Waals surface area contributed by atoms with E-state index in [0.717, 1.165) is 11.3 Å². The summed E-state index contributed by atoms with van der Waals surface area (Å²) >= 11 is 11.7. The number of halogens is 2. The highest BCUT2D eigenvalue weighted by atomic mass is 35.5. The molecule has 0 saturated heterocycles. The average molecular weight is 411 g/mol. The van der Waals surface area contributed by atoms with Crippen LogP contribution in [0, 0.1) is 0 Å². The van der Waals surface area contributed by atoms with Crippen molar-refractivity contribution >= 4 is 34.9 Å². The molecule has 0 aliphatic heterocycles. The molecule has 0 saturated carbocycles. The summed E-state index contributed by atoms with van der Waals surface area (Å²) in [5.41, 5.74) is 2.58. The molecule has 0 amide bonds. The zero-order valence-electron chi connectivity index (χ0n) is 15.2. The highest BCUT2D eigenvalue weighted by Crippen LogP contribution is 2.17. The van der Waals surface area contributed by atoms with Crippen molar-refractivity contribution in [2.45, 2.75) is 12.5 Å². The number of rotatable bonds is 10. The van der Waals surface area contributed by atoms with Gasteiger partial charge in [-0.05, 0) is 29.8 Å². The van der Waals surface area contributed by atoms with Gasteiger partial charge in [-0.15, -0.1) is 23.2 Å². The molecular weight excluding hydrogens is 387 g/mol. The van der Waals surface area contributed by atoms with Gasteiger partial charge in [0.2, 0.25) is 0 Å². The fraction of sp³-hybridized carbons (Fsp3) is 0.350. The van der Waals surface area contributed by atoms with Crippen molar-refractivity contribution in [2.75, 3.05) is 36.9 Å². The molecule has 0 fully saturated rings. The van der Waals surface area contributed by atoms with Crippen LogP contribution in [0.15, 0.2) is 60.0 Å². The van der Waals surface area contributed by atoms with E-state index in [1.54, 1.807) is 12.2 Å². The van der Waals surface area contributed by atoms with Crippen molar-refractivity contribution in [3.05, 3.63) is 65.6 Å². The molecule has 0 bridgehead atoms. The number of hydrogen-bond donors (Lipinski definition) is 2. The highest BCUT2D eigenvalue weighted by molar-refractivity contribution is 6.18. The Balaban J connectivity index is 2.10. The lowest BCUT2D eigenvalue weighted by molar-refractivity contribution is -0.143. The van der Waals surface area contributed by atoms with Crippen LogP contribution in [-0.2, 0) is 16.0 Å². The second kappa shape index (κ2) is 10.9. The van der Waals surface area contributed by atoms with Crippen LogP contribution >= 0.6 is 23.2 Å². The minimum Gasteiger partial charge on any atom is -0.494 e. The van der Waals surface area contributed by atoms with E-state index in [-0.39, 0.29) is 5.88 Å². The quantitative estimate of drug-likeness (QED) is 0.350. The number of allylic oxidation sites excluding steroid dienone is 5. The SMILES string of the molecule is COC(=O)C(Cc1ccc(N(CCCl)CCCl)cc1)NC(O)=C1C=CC=C1. The topological polar surface area (TPSA) is 61.8 Å². The van der Waals surface area contributed by atoms with Crippen molar-refractivity contribution in [3.8, 4) is 0 Å². The molecule has 2 rings (SSSR count). The van der Waals surface area contributed by atoms with Crippen molar-refractivity contribution in [2.24, 2.45) is 0 Å². The first-order valence-electron chi connectivity index (χ1n) is 8.67. The summed E-state index contributed by atoms with van der Waals surface area (Å²) in [6, 6.07) is 7.15. The lowest BCUT2D eigenvalue weighted by atomic mass is 10.0. The predicted octanol–water partition coefficient (Wildman–Crippen LogP) is 3.54. The fourth-order valence-electron chi connectivity index (χ4n) is 2.77. The molecule has 0 spiro atoms. The third-order valence-corrected chi connectivity index (χ3v) is 4.52. The van der Waals surface area contributed by atoms with E-state index in [0.29, 0.717) is 36.8 Å². The molecular formula is C20H24Cl2N2O3. The van der Waals surface area contributed by atoms with Gasteiger partial charge in [-0.25, -0.2) is 4.79 Å². The van der Waals surface area contributed by atoms with Gasteiger partial charge in [-0.2, -0.15) is 0 Å². The number of anilines is 1. The highest BCUT2D eigenvalue weighted by Gasteiger charge is 2.21. The predicted molar refractivity (Wildman–Crippen MR) is 111 cm³/mol. The Kier molecular flexibility index (Phi) is 8.55. The molecule has 1 aromatic carbocycles. The van der Waals surface area contributed by atoms with Gasteiger partial charge >= 0.3 is 5.97 Å². The second-order valence-corrected chi connectivity index (χ2v) is 6.73. The Hall–Kier alpha value is -2.11. The molecule has 0 aromatic heterocycles. The van der Waals surface area contributed by atoms with E-state index in [1.807, 2.05) is 36.4 Å². The number of hydrogen-bond acceptors (Lipinski definition) is 5. The van der Waals surface area contributed by atoms with Gasteiger partial charge in [0.05, 0.1) is 7.11 Å². The lowest BCUT2D eigenvalue weighted by Gasteiger charge is -2.23. The number of aliphatic hydroxyl groups excluding tert-OH is 1. The molecule has 1 unspecified atom stereocenters. The number of benzene rings is 1. The molecule has 1 aliphatic rings. The van der Waals surface area contributed by atoms with Crippen LogP contribution in [0.5, 0.6) is 0 Å². The van der Waals surface area contributed by atoms with E-state index >= 15 is 0 Å². The summed E-state index contributed by atoms with van der Waals surface area (Å²) in [5, 5.41) is 13.1. The molecule has 0 radical (unpaired) electrons. The van der Waals surface area contributed by atoms with Crippen molar-refractivity contribution in [3.63, 3.8) is 0 Å². The smallest absolute Gasteiger partial charge is 0.328 e. The average Bonchev–Trinajstić information content (AvgIpc) is 3.22. The molecule has 2 N–H and O–H groups in total. The minimum atomic E-state index is -0.697. The standard InChI is InChI=1S/C20H24Cl2N2O3/c1-27-20(26)18(23-19(25)16-4-2-3-5-16)14-15-6-8-17(9-7-15)24(12-10-21)13-11-22/h2-9,18,23,25H,10-14H2,1H3. The first-order valence-corrected chi connectivity index (χ1v) is 9.74. The summed E-state index contributed by atoms with van der Waals surface area (Å²) in [6.07, 6.45) is 7.52. The zero-order chi connectivity index (χ0) is 19.6. The maximum Gasteiger partial charge on any atom is 0.328 e. The number of carbonyl (C=O) groups excluding carboxylic acids is 1. The maximum atomic E-state index is 12.1. The van der Waals surface area contributed by atoms with E-state index in [2.05, 4.69) is 10.2 Å². The van der Waals surface area contributed by atoms with E-state index < -0.39 is 12.0 Å². The number of methoxy groups -OCH3 is 1. The van der Waals surface area contributed by atoms with Gasteiger partial charge in [0.25, 0.3) is 0 Å².